The van der Waals surface area contributed by atoms with Crippen LogP contribution in [0.5, 0.6) is 0 Å². The summed E-state index contributed by atoms with van der Waals surface area (Å²) >= 11 is 1.42. The number of nitrogens with two attached hydrogens (primary N) is 1. The summed E-state index contributed by atoms with van der Waals surface area (Å²) in [5.41, 5.74) is 7.00. The lowest BCUT2D eigenvalue weighted by atomic mass is 9.82. The average Bonchev–Trinajstić information content (AvgIpc) is 3.23. The number of carbonyl (C=O) groups is 3. The van der Waals surface area contributed by atoms with Crippen LogP contribution in [0.4, 0.5) is 5.00 Å². The molecule has 1 fully saturated rings. The van der Waals surface area contributed by atoms with Crippen LogP contribution in [0, 0.1) is 23.7 Å². The van der Waals surface area contributed by atoms with E-state index in [0.717, 1.165) is 42.5 Å². The predicted octanol–water partition coefficient (Wildman–Crippen LogP) is 2.58. The van der Waals surface area contributed by atoms with Crippen LogP contribution in [0.25, 0.3) is 0 Å². The van der Waals surface area contributed by atoms with Crippen molar-refractivity contribution in [3.63, 3.8) is 0 Å². The molecule has 4 N–H and O–H groups in total. The molecule has 0 aromatic carbocycles. The number of thiophene rings is 1. The highest BCUT2D eigenvalue weighted by Gasteiger charge is 2.51. The van der Waals surface area contributed by atoms with E-state index in [2.05, 4.69) is 5.32 Å². The number of rotatable bonds is 4. The van der Waals surface area contributed by atoms with Gasteiger partial charge in [0.1, 0.15) is 5.00 Å². The topological polar surface area (TPSA) is 109 Å². The molecule has 1 aromatic rings. The first-order chi connectivity index (χ1) is 12.5. The fourth-order valence-corrected chi connectivity index (χ4v) is 6.10. The summed E-state index contributed by atoms with van der Waals surface area (Å²) < 4.78 is 0. The monoisotopic (exact) mass is 374 g/mol. The zero-order valence-corrected chi connectivity index (χ0v) is 15.2. The number of primary amides is 1. The van der Waals surface area contributed by atoms with E-state index in [1.807, 2.05) is 12.2 Å². The van der Waals surface area contributed by atoms with E-state index < -0.39 is 23.7 Å². The molecule has 4 unspecified atom stereocenters. The Labute approximate surface area is 155 Å². The second-order valence-electron chi connectivity index (χ2n) is 7.46. The van der Waals surface area contributed by atoms with Gasteiger partial charge in [0.25, 0.3) is 5.91 Å². The number of carboxylic acids is 1. The quantitative estimate of drug-likeness (QED) is 0.556. The second-order valence-corrected chi connectivity index (χ2v) is 8.57. The number of fused-ring (bicyclic) bond motifs is 3. The number of carbonyl (C=O) groups excluding carboxylic acids is 2. The first-order valence-corrected chi connectivity index (χ1v) is 9.95. The summed E-state index contributed by atoms with van der Waals surface area (Å²) in [4.78, 5) is 37.7. The Kier molecular flexibility index (Phi) is 4.34. The Hall–Kier alpha value is -2.15. The van der Waals surface area contributed by atoms with E-state index in [1.165, 1.54) is 11.3 Å². The molecule has 1 heterocycles. The molecule has 3 aliphatic rings. The van der Waals surface area contributed by atoms with Gasteiger partial charge in [-0.25, -0.2) is 0 Å². The molecular weight excluding hydrogens is 352 g/mol. The van der Waals surface area contributed by atoms with Gasteiger partial charge < -0.3 is 16.2 Å². The fraction of sp³-hybridized carbons (Fsp3) is 0.526. The zero-order chi connectivity index (χ0) is 18.4. The minimum Gasteiger partial charge on any atom is -0.481 e. The molecule has 0 spiro atoms. The SMILES string of the molecule is NC(=O)c1c(NC(=O)C2C3C=CC(C3)C2C(=O)O)sc2c1CCCCC2. The maximum absolute atomic E-state index is 12.9. The molecule has 6 nitrogen and oxygen atoms in total. The number of allylic oxidation sites excluding steroid dienone is 2. The Morgan fingerprint density at radius 1 is 1.08 bits per heavy atom. The molecule has 3 aliphatic carbocycles. The van der Waals surface area contributed by atoms with Gasteiger partial charge >= 0.3 is 5.97 Å². The zero-order valence-electron chi connectivity index (χ0n) is 14.4. The molecule has 1 saturated carbocycles. The first-order valence-electron chi connectivity index (χ1n) is 9.13. The molecule has 4 atom stereocenters. The van der Waals surface area contributed by atoms with Gasteiger partial charge in [-0.05, 0) is 49.5 Å². The van der Waals surface area contributed by atoms with Crippen molar-refractivity contribution in [3.05, 3.63) is 28.2 Å². The molecule has 7 heteroatoms. The summed E-state index contributed by atoms with van der Waals surface area (Å²) in [6.45, 7) is 0. The van der Waals surface area contributed by atoms with Gasteiger partial charge in [-0.15, -0.1) is 11.3 Å². The van der Waals surface area contributed by atoms with Crippen LogP contribution in [0.2, 0.25) is 0 Å². The Morgan fingerprint density at radius 3 is 2.46 bits per heavy atom. The van der Waals surface area contributed by atoms with E-state index >= 15 is 0 Å². The number of nitrogens with one attached hydrogen (secondary N) is 1. The highest BCUT2D eigenvalue weighted by atomic mass is 32.1. The maximum atomic E-state index is 12.9. The molecule has 2 amide bonds. The Balaban J connectivity index is 1.63. The number of hydrogen-bond acceptors (Lipinski definition) is 4. The van der Waals surface area contributed by atoms with Crippen LogP contribution in [-0.4, -0.2) is 22.9 Å². The van der Waals surface area contributed by atoms with Crippen LogP contribution in [-0.2, 0) is 22.4 Å². The standard InChI is InChI=1S/C19H22N2O4S/c20-16(22)15-11-4-2-1-3-5-12(11)26-18(15)21-17(23)13-9-6-7-10(8-9)14(13)19(24)25/h6-7,9-10,13-14H,1-5,8H2,(H2,20,22)(H,21,23)(H,24,25). The van der Waals surface area contributed by atoms with E-state index in [-0.39, 0.29) is 17.7 Å². The third-order valence-electron chi connectivity index (χ3n) is 5.95. The maximum Gasteiger partial charge on any atom is 0.307 e. The van der Waals surface area contributed by atoms with Gasteiger partial charge in [-0.2, -0.15) is 0 Å². The lowest BCUT2D eigenvalue weighted by molar-refractivity contribution is -0.146. The second kappa shape index (κ2) is 6.54. The molecular formula is C19H22N2O4S. The lowest BCUT2D eigenvalue weighted by Gasteiger charge is -2.23. The van der Waals surface area contributed by atoms with Crippen molar-refractivity contribution in [2.75, 3.05) is 5.32 Å². The molecule has 0 saturated heterocycles. The summed E-state index contributed by atoms with van der Waals surface area (Å²) in [6, 6.07) is 0. The molecule has 4 rings (SSSR count). The average molecular weight is 374 g/mol. The molecule has 1 aromatic heterocycles. The van der Waals surface area contributed by atoms with Crippen molar-refractivity contribution in [1.82, 2.24) is 0 Å². The highest BCUT2D eigenvalue weighted by molar-refractivity contribution is 7.17. The fourth-order valence-electron chi connectivity index (χ4n) is 4.80. The van der Waals surface area contributed by atoms with E-state index in [1.54, 1.807) is 0 Å². The highest BCUT2D eigenvalue weighted by Crippen LogP contribution is 2.49. The van der Waals surface area contributed by atoms with Crippen LogP contribution in [0.3, 0.4) is 0 Å². The number of anilines is 1. The molecule has 2 bridgehead atoms. The predicted molar refractivity (Wildman–Crippen MR) is 98.1 cm³/mol. The van der Waals surface area contributed by atoms with Crippen LogP contribution >= 0.6 is 11.3 Å². The number of carboxylic acid groups (broad SMARTS) is 1. The van der Waals surface area contributed by atoms with Crippen molar-refractivity contribution in [1.29, 1.82) is 0 Å². The van der Waals surface area contributed by atoms with E-state index in [0.29, 0.717) is 17.0 Å². The minimum absolute atomic E-state index is 0.0454. The van der Waals surface area contributed by atoms with Crippen LogP contribution in [0.1, 0.15) is 46.5 Å². The smallest absolute Gasteiger partial charge is 0.307 e. The molecule has 0 radical (unpaired) electrons. The van der Waals surface area contributed by atoms with E-state index in [9.17, 15) is 19.5 Å². The summed E-state index contributed by atoms with van der Waals surface area (Å²) in [5.74, 6) is -3.18. The molecule has 0 aliphatic heterocycles. The van der Waals surface area contributed by atoms with Gasteiger partial charge in [-0.3, -0.25) is 14.4 Å². The first kappa shape index (κ1) is 17.3. The number of amides is 2. The summed E-state index contributed by atoms with van der Waals surface area (Å²) in [6.07, 6.45) is 9.46. The Morgan fingerprint density at radius 2 is 1.77 bits per heavy atom. The van der Waals surface area contributed by atoms with Crippen molar-refractivity contribution < 1.29 is 19.5 Å². The molecule has 138 valence electrons. The summed E-state index contributed by atoms with van der Waals surface area (Å²) in [5, 5.41) is 12.9. The number of aliphatic carboxylic acids is 1. The minimum atomic E-state index is -0.931. The number of aryl methyl sites for hydroxylation is 1. The third-order valence-corrected chi connectivity index (χ3v) is 7.16. The Bertz CT molecular complexity index is 813. The van der Waals surface area contributed by atoms with Gasteiger partial charge in [-0.1, -0.05) is 18.6 Å². The van der Waals surface area contributed by atoms with Gasteiger partial charge in [0.2, 0.25) is 5.91 Å². The van der Waals surface area contributed by atoms with Gasteiger partial charge in [0.05, 0.1) is 17.4 Å². The van der Waals surface area contributed by atoms with Crippen LogP contribution in [0.15, 0.2) is 12.2 Å². The largest absolute Gasteiger partial charge is 0.481 e. The van der Waals surface area contributed by atoms with Gasteiger partial charge in [0.15, 0.2) is 0 Å². The van der Waals surface area contributed by atoms with Crippen LogP contribution < -0.4 is 11.1 Å². The van der Waals surface area contributed by atoms with Crippen molar-refractivity contribution >= 4 is 34.1 Å². The van der Waals surface area contributed by atoms with Crippen molar-refractivity contribution in [3.8, 4) is 0 Å². The van der Waals surface area contributed by atoms with Crippen molar-refractivity contribution in [2.45, 2.75) is 38.5 Å². The lowest BCUT2D eigenvalue weighted by Crippen LogP contribution is -2.36. The summed E-state index contributed by atoms with van der Waals surface area (Å²) in [7, 11) is 0. The van der Waals surface area contributed by atoms with Gasteiger partial charge in [0, 0.05) is 4.88 Å². The third kappa shape index (κ3) is 2.74. The normalized spacial score (nSPS) is 29.2. The van der Waals surface area contributed by atoms with Crippen molar-refractivity contribution in [2.24, 2.45) is 29.4 Å². The van der Waals surface area contributed by atoms with E-state index in [4.69, 9.17) is 5.73 Å². The molecule has 26 heavy (non-hydrogen) atoms. The number of hydrogen-bond donors (Lipinski definition) is 3.